The molecule has 1 amide bonds. The summed E-state index contributed by atoms with van der Waals surface area (Å²) in [5, 5.41) is 9.08. The molecular formula is C17H21N3O3S. The second-order valence-electron chi connectivity index (χ2n) is 5.64. The Morgan fingerprint density at radius 3 is 2.88 bits per heavy atom. The lowest BCUT2D eigenvalue weighted by Gasteiger charge is -2.20. The average Bonchev–Trinajstić information content (AvgIpc) is 3.12. The molecule has 2 aromatic rings. The van der Waals surface area contributed by atoms with E-state index in [4.69, 9.17) is 9.47 Å². The Hall–Kier alpha value is -2.12. The number of thiazole rings is 1. The number of nitrogens with zero attached hydrogens (tertiary/aromatic N) is 1. The monoisotopic (exact) mass is 347 g/mol. The highest BCUT2D eigenvalue weighted by molar-refractivity contribution is 7.10. The van der Waals surface area contributed by atoms with Crippen LogP contribution in [0, 0.1) is 0 Å². The summed E-state index contributed by atoms with van der Waals surface area (Å²) in [5.41, 5.74) is 1.10. The van der Waals surface area contributed by atoms with Gasteiger partial charge in [0.15, 0.2) is 11.5 Å². The van der Waals surface area contributed by atoms with E-state index in [0.717, 1.165) is 30.9 Å². The molecule has 24 heavy (non-hydrogen) atoms. The van der Waals surface area contributed by atoms with Crippen LogP contribution in [0.4, 0.5) is 5.69 Å². The minimum atomic E-state index is -0.214. The normalized spacial score (nSPS) is 17.3. The summed E-state index contributed by atoms with van der Waals surface area (Å²) in [5.74, 6) is 1.39. The van der Waals surface area contributed by atoms with Crippen molar-refractivity contribution in [2.75, 3.05) is 32.6 Å². The van der Waals surface area contributed by atoms with Crippen molar-refractivity contribution in [1.29, 1.82) is 0 Å². The number of rotatable bonds is 5. The van der Waals surface area contributed by atoms with Gasteiger partial charge in [0, 0.05) is 29.6 Å². The van der Waals surface area contributed by atoms with Gasteiger partial charge in [-0.1, -0.05) is 0 Å². The van der Waals surface area contributed by atoms with E-state index in [1.807, 2.05) is 5.38 Å². The molecule has 1 aromatic carbocycles. The van der Waals surface area contributed by atoms with E-state index in [1.165, 1.54) is 0 Å². The van der Waals surface area contributed by atoms with Gasteiger partial charge in [0.2, 0.25) is 0 Å². The number of methoxy groups -OCH3 is 2. The van der Waals surface area contributed by atoms with Crippen molar-refractivity contribution in [2.45, 2.75) is 18.8 Å². The van der Waals surface area contributed by atoms with Gasteiger partial charge in [0.1, 0.15) is 5.69 Å². The van der Waals surface area contributed by atoms with Crippen molar-refractivity contribution >= 4 is 22.9 Å². The third kappa shape index (κ3) is 3.68. The molecule has 1 aliphatic heterocycles. The van der Waals surface area contributed by atoms with Crippen LogP contribution in [0.1, 0.15) is 34.3 Å². The number of aromatic nitrogens is 1. The molecule has 0 aliphatic carbocycles. The van der Waals surface area contributed by atoms with Crippen LogP contribution in [-0.2, 0) is 0 Å². The standard InChI is InChI=1S/C17H21N3O3S/c1-22-14-6-5-12(8-15(14)23-2)19-16(21)13-10-24-17(20-13)11-4-3-7-18-9-11/h5-6,8,10-11,18H,3-4,7,9H2,1-2H3,(H,19,21). The van der Waals surface area contributed by atoms with Crippen molar-refractivity contribution < 1.29 is 14.3 Å². The minimum Gasteiger partial charge on any atom is -0.493 e. The van der Waals surface area contributed by atoms with Crippen LogP contribution in [0.2, 0.25) is 0 Å². The zero-order valence-corrected chi connectivity index (χ0v) is 14.6. The first kappa shape index (κ1) is 16.7. The van der Waals surface area contributed by atoms with Gasteiger partial charge >= 0.3 is 0 Å². The third-order valence-corrected chi connectivity index (χ3v) is 5.05. The van der Waals surface area contributed by atoms with Crippen LogP contribution in [0.3, 0.4) is 0 Å². The lowest BCUT2D eigenvalue weighted by molar-refractivity contribution is 0.102. The molecule has 1 saturated heterocycles. The number of hydrogen-bond acceptors (Lipinski definition) is 6. The number of piperidine rings is 1. The van der Waals surface area contributed by atoms with Crippen LogP contribution in [0.5, 0.6) is 11.5 Å². The summed E-state index contributed by atoms with van der Waals surface area (Å²) in [7, 11) is 3.14. The molecule has 1 aromatic heterocycles. The maximum absolute atomic E-state index is 12.4. The van der Waals surface area contributed by atoms with Gasteiger partial charge in [0.25, 0.3) is 5.91 Å². The number of carbonyl (C=O) groups excluding carboxylic acids is 1. The quantitative estimate of drug-likeness (QED) is 0.870. The van der Waals surface area contributed by atoms with Crippen LogP contribution >= 0.6 is 11.3 Å². The molecule has 0 radical (unpaired) electrons. The summed E-state index contributed by atoms with van der Waals surface area (Å²) in [6, 6.07) is 5.27. The number of anilines is 1. The van der Waals surface area contributed by atoms with Gasteiger partial charge in [-0.3, -0.25) is 4.79 Å². The highest BCUT2D eigenvalue weighted by Crippen LogP contribution is 2.30. The molecule has 1 fully saturated rings. The van der Waals surface area contributed by atoms with Gasteiger partial charge in [-0.25, -0.2) is 4.98 Å². The Bertz CT molecular complexity index is 711. The molecule has 6 nitrogen and oxygen atoms in total. The van der Waals surface area contributed by atoms with Gasteiger partial charge < -0.3 is 20.1 Å². The van der Waals surface area contributed by atoms with E-state index >= 15 is 0 Å². The number of nitrogens with one attached hydrogen (secondary N) is 2. The van der Waals surface area contributed by atoms with E-state index in [0.29, 0.717) is 28.8 Å². The Morgan fingerprint density at radius 1 is 1.33 bits per heavy atom. The Balaban J connectivity index is 1.70. The first-order valence-corrected chi connectivity index (χ1v) is 8.78. The third-order valence-electron chi connectivity index (χ3n) is 4.04. The fourth-order valence-corrected chi connectivity index (χ4v) is 3.69. The van der Waals surface area contributed by atoms with E-state index < -0.39 is 0 Å². The van der Waals surface area contributed by atoms with Crippen molar-refractivity contribution in [2.24, 2.45) is 0 Å². The predicted octanol–water partition coefficient (Wildman–Crippen LogP) is 2.88. The molecule has 1 aliphatic rings. The van der Waals surface area contributed by atoms with Crippen LogP contribution < -0.4 is 20.1 Å². The number of hydrogen-bond donors (Lipinski definition) is 2. The Kier molecular flexibility index (Phi) is 5.32. The van der Waals surface area contributed by atoms with E-state index in [9.17, 15) is 4.79 Å². The molecule has 2 heterocycles. The number of carbonyl (C=O) groups is 1. The number of ether oxygens (including phenoxy) is 2. The van der Waals surface area contributed by atoms with E-state index in [1.54, 1.807) is 43.8 Å². The second kappa shape index (κ2) is 7.63. The summed E-state index contributed by atoms with van der Waals surface area (Å²) in [4.78, 5) is 16.9. The summed E-state index contributed by atoms with van der Waals surface area (Å²) >= 11 is 1.55. The first-order chi connectivity index (χ1) is 11.7. The molecular weight excluding hydrogens is 326 g/mol. The van der Waals surface area contributed by atoms with Crippen molar-refractivity contribution in [3.63, 3.8) is 0 Å². The molecule has 128 valence electrons. The lowest BCUT2D eigenvalue weighted by Crippen LogP contribution is -2.28. The smallest absolute Gasteiger partial charge is 0.275 e. The van der Waals surface area contributed by atoms with Gasteiger partial charge in [0.05, 0.1) is 19.2 Å². The van der Waals surface area contributed by atoms with Crippen LogP contribution in [0.15, 0.2) is 23.6 Å². The average molecular weight is 347 g/mol. The zero-order chi connectivity index (χ0) is 16.9. The molecule has 1 atom stereocenters. The number of amides is 1. The van der Waals surface area contributed by atoms with Gasteiger partial charge in [-0.05, 0) is 31.5 Å². The predicted molar refractivity (Wildman–Crippen MR) is 94.5 cm³/mol. The molecule has 3 rings (SSSR count). The van der Waals surface area contributed by atoms with Crippen LogP contribution in [-0.4, -0.2) is 38.2 Å². The topological polar surface area (TPSA) is 72.5 Å². The van der Waals surface area contributed by atoms with Crippen molar-refractivity contribution in [3.05, 3.63) is 34.3 Å². The number of benzene rings is 1. The Labute approximate surface area is 145 Å². The van der Waals surface area contributed by atoms with Crippen molar-refractivity contribution in [3.8, 4) is 11.5 Å². The van der Waals surface area contributed by atoms with Crippen molar-refractivity contribution in [1.82, 2.24) is 10.3 Å². The highest BCUT2D eigenvalue weighted by atomic mass is 32.1. The SMILES string of the molecule is COc1ccc(NC(=O)c2csc(C3CCCNC3)n2)cc1OC. The largest absolute Gasteiger partial charge is 0.493 e. The Morgan fingerprint density at radius 2 is 2.17 bits per heavy atom. The zero-order valence-electron chi connectivity index (χ0n) is 13.8. The maximum atomic E-state index is 12.4. The van der Waals surface area contributed by atoms with Gasteiger partial charge in [-0.15, -0.1) is 11.3 Å². The molecule has 0 bridgehead atoms. The molecule has 2 N–H and O–H groups in total. The first-order valence-electron chi connectivity index (χ1n) is 7.90. The molecule has 1 unspecified atom stereocenters. The summed E-state index contributed by atoms with van der Waals surface area (Å²) < 4.78 is 10.4. The van der Waals surface area contributed by atoms with Gasteiger partial charge in [-0.2, -0.15) is 0 Å². The highest BCUT2D eigenvalue weighted by Gasteiger charge is 2.20. The molecule has 0 spiro atoms. The van der Waals surface area contributed by atoms with E-state index in [2.05, 4.69) is 15.6 Å². The maximum Gasteiger partial charge on any atom is 0.275 e. The molecule has 0 saturated carbocycles. The lowest BCUT2D eigenvalue weighted by atomic mass is 10.0. The minimum absolute atomic E-state index is 0.214. The fraction of sp³-hybridized carbons (Fsp3) is 0.412. The summed E-state index contributed by atoms with van der Waals surface area (Å²) in [6.07, 6.45) is 2.27. The fourth-order valence-electron chi connectivity index (χ4n) is 2.75. The van der Waals surface area contributed by atoms with Crippen LogP contribution in [0.25, 0.3) is 0 Å². The summed E-state index contributed by atoms with van der Waals surface area (Å²) in [6.45, 7) is 2.00. The van der Waals surface area contributed by atoms with E-state index in [-0.39, 0.29) is 5.91 Å². The molecule has 7 heteroatoms. The second-order valence-corrected chi connectivity index (χ2v) is 6.53.